The van der Waals surface area contributed by atoms with Crippen molar-refractivity contribution in [3.8, 4) is 11.1 Å². The summed E-state index contributed by atoms with van der Waals surface area (Å²) in [5, 5.41) is 12.5. The van der Waals surface area contributed by atoms with Crippen LogP contribution in [0.2, 0.25) is 0 Å². The number of aliphatic carboxylic acids is 1. The van der Waals surface area contributed by atoms with Crippen LogP contribution < -0.4 is 5.32 Å². The van der Waals surface area contributed by atoms with Crippen LogP contribution in [0.5, 0.6) is 0 Å². The molecule has 0 saturated heterocycles. The van der Waals surface area contributed by atoms with Crippen LogP contribution in [0.4, 0.5) is 4.79 Å². The molecule has 0 heterocycles. The highest BCUT2D eigenvalue weighted by Gasteiger charge is 2.48. The monoisotopic (exact) mass is 464 g/mol. The number of carboxylic acids is 1. The van der Waals surface area contributed by atoms with E-state index in [1.54, 1.807) is 0 Å². The number of likely N-dealkylation sites (N-methyl/N-ethyl adjacent to an activating group) is 1. The normalized spacial score (nSPS) is 16.9. The van der Waals surface area contributed by atoms with Crippen molar-refractivity contribution in [1.29, 1.82) is 0 Å². The Hall–Kier alpha value is -3.35. The summed E-state index contributed by atoms with van der Waals surface area (Å²) in [7, 11) is 1.53. The SMILES string of the molecule is CCC[C@@H](NC(=O)OCC1c2ccccc2-c2ccccc21)C(=O)N(C)C1(C(=O)O)CCCC1. The lowest BCUT2D eigenvalue weighted by molar-refractivity contribution is -0.158. The van der Waals surface area contributed by atoms with Gasteiger partial charge in [0.25, 0.3) is 0 Å². The summed E-state index contributed by atoms with van der Waals surface area (Å²) in [6.45, 7) is 2.07. The number of amides is 2. The van der Waals surface area contributed by atoms with Gasteiger partial charge in [0.05, 0.1) is 0 Å². The molecule has 1 atom stereocenters. The van der Waals surface area contributed by atoms with Gasteiger partial charge in [0.2, 0.25) is 5.91 Å². The molecule has 0 aromatic heterocycles. The zero-order valence-electron chi connectivity index (χ0n) is 19.8. The molecule has 4 rings (SSSR count). The largest absolute Gasteiger partial charge is 0.479 e. The summed E-state index contributed by atoms with van der Waals surface area (Å²) in [6, 6.07) is 15.4. The Morgan fingerprint density at radius 2 is 1.62 bits per heavy atom. The minimum Gasteiger partial charge on any atom is -0.479 e. The summed E-state index contributed by atoms with van der Waals surface area (Å²) >= 11 is 0. The van der Waals surface area contributed by atoms with Gasteiger partial charge in [0.15, 0.2) is 0 Å². The number of alkyl carbamates (subject to hydrolysis) is 1. The quantitative estimate of drug-likeness (QED) is 0.598. The van der Waals surface area contributed by atoms with Crippen molar-refractivity contribution in [1.82, 2.24) is 10.2 Å². The Kier molecular flexibility index (Phi) is 6.91. The molecule has 0 spiro atoms. The number of benzene rings is 2. The van der Waals surface area contributed by atoms with Crippen LogP contribution in [-0.4, -0.2) is 53.2 Å². The number of carbonyl (C=O) groups is 3. The van der Waals surface area contributed by atoms with Crippen LogP contribution in [0.3, 0.4) is 0 Å². The summed E-state index contributed by atoms with van der Waals surface area (Å²) < 4.78 is 5.61. The van der Waals surface area contributed by atoms with E-state index in [0.717, 1.165) is 35.1 Å². The Morgan fingerprint density at radius 3 is 2.15 bits per heavy atom. The topological polar surface area (TPSA) is 95.9 Å². The van der Waals surface area contributed by atoms with E-state index in [2.05, 4.69) is 17.4 Å². The molecule has 2 aliphatic rings. The Bertz CT molecular complexity index is 1030. The van der Waals surface area contributed by atoms with Gasteiger partial charge in [-0.2, -0.15) is 0 Å². The number of rotatable bonds is 8. The third-order valence-electron chi connectivity index (χ3n) is 7.31. The molecule has 0 bridgehead atoms. The number of fused-ring (bicyclic) bond motifs is 3. The number of carbonyl (C=O) groups excluding carboxylic acids is 2. The average Bonchev–Trinajstić information content (AvgIpc) is 3.46. The van der Waals surface area contributed by atoms with Crippen molar-refractivity contribution in [2.75, 3.05) is 13.7 Å². The fourth-order valence-corrected chi connectivity index (χ4v) is 5.43. The molecule has 2 aromatic rings. The molecule has 2 amide bonds. The molecule has 2 aliphatic carbocycles. The van der Waals surface area contributed by atoms with E-state index in [9.17, 15) is 19.5 Å². The molecule has 2 N–H and O–H groups in total. The first-order chi connectivity index (χ1) is 16.4. The zero-order valence-corrected chi connectivity index (χ0v) is 19.8. The molecule has 7 nitrogen and oxygen atoms in total. The molecular formula is C27H32N2O5. The van der Waals surface area contributed by atoms with Crippen LogP contribution in [-0.2, 0) is 14.3 Å². The fraction of sp³-hybridized carbons (Fsp3) is 0.444. The van der Waals surface area contributed by atoms with Gasteiger partial charge in [-0.1, -0.05) is 74.7 Å². The van der Waals surface area contributed by atoms with Crippen LogP contribution in [0.25, 0.3) is 11.1 Å². The molecule has 0 aliphatic heterocycles. The maximum absolute atomic E-state index is 13.2. The predicted octanol–water partition coefficient (Wildman–Crippen LogP) is 4.55. The smallest absolute Gasteiger partial charge is 0.407 e. The highest BCUT2D eigenvalue weighted by molar-refractivity contribution is 5.91. The second-order valence-electron chi connectivity index (χ2n) is 9.25. The zero-order chi connectivity index (χ0) is 24.3. The highest BCUT2D eigenvalue weighted by atomic mass is 16.5. The Morgan fingerprint density at radius 1 is 1.06 bits per heavy atom. The van der Waals surface area contributed by atoms with Gasteiger partial charge in [-0.25, -0.2) is 9.59 Å². The molecule has 7 heteroatoms. The summed E-state index contributed by atoms with van der Waals surface area (Å²) in [5.74, 6) is -1.45. The van der Waals surface area contributed by atoms with Gasteiger partial charge >= 0.3 is 12.1 Å². The van der Waals surface area contributed by atoms with Crippen LogP contribution in [0, 0.1) is 0 Å². The molecule has 2 aromatic carbocycles. The number of nitrogens with one attached hydrogen (secondary N) is 1. The van der Waals surface area contributed by atoms with Crippen molar-refractivity contribution in [2.24, 2.45) is 0 Å². The lowest BCUT2D eigenvalue weighted by Gasteiger charge is -2.37. The summed E-state index contributed by atoms with van der Waals surface area (Å²) in [6.07, 6.45) is 2.78. The minimum atomic E-state index is -1.20. The average molecular weight is 465 g/mol. The van der Waals surface area contributed by atoms with E-state index in [1.807, 2.05) is 43.3 Å². The highest BCUT2D eigenvalue weighted by Crippen LogP contribution is 2.44. The molecule has 0 unspecified atom stereocenters. The Balaban J connectivity index is 1.44. The second-order valence-corrected chi connectivity index (χ2v) is 9.25. The minimum absolute atomic E-state index is 0.0741. The molecule has 1 saturated carbocycles. The molecule has 1 fully saturated rings. The van der Waals surface area contributed by atoms with Crippen molar-refractivity contribution >= 4 is 18.0 Å². The van der Waals surface area contributed by atoms with E-state index in [1.165, 1.54) is 11.9 Å². The lowest BCUT2D eigenvalue weighted by atomic mass is 9.94. The summed E-state index contributed by atoms with van der Waals surface area (Å²) in [4.78, 5) is 39.3. The van der Waals surface area contributed by atoms with Crippen LogP contribution in [0.1, 0.15) is 62.5 Å². The number of nitrogens with zero attached hydrogens (tertiary/aromatic N) is 1. The lowest BCUT2D eigenvalue weighted by Crippen LogP contribution is -2.58. The molecular weight excluding hydrogens is 432 g/mol. The molecule has 180 valence electrons. The van der Waals surface area contributed by atoms with Gasteiger partial charge in [-0.3, -0.25) is 4.79 Å². The first kappa shape index (κ1) is 23.8. The van der Waals surface area contributed by atoms with E-state index >= 15 is 0 Å². The third-order valence-corrected chi connectivity index (χ3v) is 7.31. The van der Waals surface area contributed by atoms with E-state index in [-0.39, 0.29) is 18.4 Å². The van der Waals surface area contributed by atoms with E-state index in [4.69, 9.17) is 4.74 Å². The van der Waals surface area contributed by atoms with Gasteiger partial charge in [-0.15, -0.1) is 0 Å². The number of hydrogen-bond acceptors (Lipinski definition) is 4. The third kappa shape index (κ3) is 4.27. The number of carboxylic acid groups (broad SMARTS) is 1. The van der Waals surface area contributed by atoms with Crippen molar-refractivity contribution < 1.29 is 24.2 Å². The van der Waals surface area contributed by atoms with Gasteiger partial charge in [0, 0.05) is 13.0 Å². The maximum atomic E-state index is 13.2. The first-order valence-corrected chi connectivity index (χ1v) is 12.0. The Labute approximate surface area is 200 Å². The predicted molar refractivity (Wildman–Crippen MR) is 129 cm³/mol. The first-order valence-electron chi connectivity index (χ1n) is 12.0. The molecule has 0 radical (unpaired) electrons. The van der Waals surface area contributed by atoms with E-state index < -0.39 is 23.6 Å². The summed E-state index contributed by atoms with van der Waals surface area (Å²) in [5.41, 5.74) is 3.31. The van der Waals surface area contributed by atoms with Crippen LogP contribution in [0.15, 0.2) is 48.5 Å². The van der Waals surface area contributed by atoms with Crippen molar-refractivity contribution in [3.63, 3.8) is 0 Å². The standard InChI is InChI=1S/C27H32N2O5/c1-3-10-23(24(30)29(2)27(25(31)32)15-8-9-16-27)28-26(33)34-17-22-20-13-6-4-11-18(20)19-12-5-7-14-21(19)22/h4-7,11-14,22-23H,3,8-10,15-17H2,1-2H3,(H,28,33)(H,31,32)/t23-/m1/s1. The van der Waals surface area contributed by atoms with Crippen molar-refractivity contribution in [2.45, 2.75) is 62.9 Å². The maximum Gasteiger partial charge on any atom is 0.407 e. The van der Waals surface area contributed by atoms with Gasteiger partial charge in [-0.05, 0) is 41.5 Å². The fourth-order valence-electron chi connectivity index (χ4n) is 5.43. The van der Waals surface area contributed by atoms with Gasteiger partial charge < -0.3 is 20.1 Å². The number of ether oxygens (including phenoxy) is 1. The van der Waals surface area contributed by atoms with Crippen molar-refractivity contribution in [3.05, 3.63) is 59.7 Å². The van der Waals surface area contributed by atoms with Crippen LogP contribution >= 0.6 is 0 Å². The van der Waals surface area contributed by atoms with Gasteiger partial charge in [0.1, 0.15) is 18.2 Å². The number of hydrogen-bond donors (Lipinski definition) is 2. The van der Waals surface area contributed by atoms with E-state index in [0.29, 0.717) is 25.7 Å². The molecule has 34 heavy (non-hydrogen) atoms. The second kappa shape index (κ2) is 9.87.